The van der Waals surface area contributed by atoms with Crippen molar-refractivity contribution in [2.45, 2.75) is 19.0 Å². The minimum absolute atomic E-state index is 0.167. The van der Waals surface area contributed by atoms with Gasteiger partial charge < -0.3 is 9.47 Å². The number of aromatic nitrogens is 3. The topological polar surface area (TPSA) is 66.2 Å². The van der Waals surface area contributed by atoms with Crippen LogP contribution in [-0.2, 0) is 15.7 Å². The fourth-order valence-electron chi connectivity index (χ4n) is 4.18. The molecular weight excluding hydrogens is 447 g/mol. The van der Waals surface area contributed by atoms with Gasteiger partial charge in [0.05, 0.1) is 41.1 Å². The lowest BCUT2D eigenvalue weighted by atomic mass is 9.84. The second-order valence-electron chi connectivity index (χ2n) is 7.89. The third kappa shape index (κ3) is 3.40. The van der Waals surface area contributed by atoms with Crippen LogP contribution < -0.4 is 4.74 Å². The largest absolute Gasteiger partial charge is 0.466 e. The molecular formula is C25H18F3N3O3. The van der Waals surface area contributed by atoms with E-state index in [1.807, 2.05) is 30.3 Å². The van der Waals surface area contributed by atoms with Gasteiger partial charge in [0.1, 0.15) is 0 Å². The predicted octanol–water partition coefficient (Wildman–Crippen LogP) is 5.71. The van der Waals surface area contributed by atoms with Crippen LogP contribution in [0.1, 0.15) is 28.3 Å². The average Bonchev–Trinajstić information content (AvgIpc) is 3.15. The van der Waals surface area contributed by atoms with Crippen LogP contribution in [0.3, 0.4) is 0 Å². The van der Waals surface area contributed by atoms with Gasteiger partial charge in [-0.2, -0.15) is 18.3 Å². The number of hydrogen-bond donors (Lipinski definition) is 0. The van der Waals surface area contributed by atoms with Crippen molar-refractivity contribution in [2.75, 3.05) is 7.11 Å². The summed E-state index contributed by atoms with van der Waals surface area (Å²) in [5.41, 5.74) is 2.17. The van der Waals surface area contributed by atoms with Gasteiger partial charge in [-0.3, -0.25) is 0 Å². The Morgan fingerprint density at radius 3 is 2.53 bits per heavy atom. The molecule has 1 aliphatic rings. The summed E-state index contributed by atoms with van der Waals surface area (Å²) in [6.07, 6.45) is -4.46. The molecule has 0 amide bonds. The number of carbonyl (C=O) groups is 1. The highest BCUT2D eigenvalue weighted by Gasteiger charge is 2.38. The van der Waals surface area contributed by atoms with Gasteiger partial charge in [-0.15, -0.1) is 0 Å². The molecule has 0 spiro atoms. The van der Waals surface area contributed by atoms with E-state index in [-0.39, 0.29) is 17.3 Å². The molecule has 0 saturated heterocycles. The molecule has 0 bridgehead atoms. The van der Waals surface area contributed by atoms with Gasteiger partial charge in [0.15, 0.2) is 0 Å². The van der Waals surface area contributed by atoms with Gasteiger partial charge >= 0.3 is 12.1 Å². The van der Waals surface area contributed by atoms with Crippen molar-refractivity contribution in [1.82, 2.24) is 14.8 Å². The number of fused-ring (bicyclic) bond motifs is 3. The molecule has 0 saturated carbocycles. The summed E-state index contributed by atoms with van der Waals surface area (Å²) < 4.78 is 51.6. The SMILES string of the molecule is C=C(C(=O)OC)[C@H]1c2cc3ccccc3nc2Oc2c1c(C)nn2-c1ccc(C(F)(F)F)cc1. The third-order valence-corrected chi connectivity index (χ3v) is 5.81. The number of esters is 1. The summed E-state index contributed by atoms with van der Waals surface area (Å²) in [6.45, 7) is 5.70. The Morgan fingerprint density at radius 2 is 1.85 bits per heavy atom. The standard InChI is InChI=1S/C25H18F3N3O3/c1-13(24(32)33-3)20-18-12-15-6-4-5-7-19(15)29-22(18)34-23-21(20)14(2)30-31(23)17-10-8-16(9-11-17)25(26,27)28/h4-12,20H,1H2,2-3H3/t20-/m0/s1. The number of aryl methyl sites for hydroxylation is 1. The summed E-state index contributed by atoms with van der Waals surface area (Å²) in [7, 11) is 1.27. The summed E-state index contributed by atoms with van der Waals surface area (Å²) in [4.78, 5) is 17.1. The van der Waals surface area contributed by atoms with E-state index in [4.69, 9.17) is 9.47 Å². The molecule has 172 valence electrons. The third-order valence-electron chi connectivity index (χ3n) is 5.81. The van der Waals surface area contributed by atoms with E-state index in [0.717, 1.165) is 17.5 Å². The maximum absolute atomic E-state index is 13.0. The summed E-state index contributed by atoms with van der Waals surface area (Å²) in [6, 6.07) is 13.9. The summed E-state index contributed by atoms with van der Waals surface area (Å²) >= 11 is 0. The Bertz CT molecular complexity index is 1460. The van der Waals surface area contributed by atoms with Gasteiger partial charge in [0.25, 0.3) is 0 Å². The molecule has 0 N–H and O–H groups in total. The molecule has 0 unspecified atom stereocenters. The average molecular weight is 465 g/mol. The highest BCUT2D eigenvalue weighted by Crippen LogP contribution is 2.49. The Balaban J connectivity index is 1.71. The number of pyridine rings is 1. The molecule has 9 heteroatoms. The van der Waals surface area contributed by atoms with Crippen molar-refractivity contribution in [3.8, 4) is 17.4 Å². The first kappa shape index (κ1) is 21.7. The smallest absolute Gasteiger partial charge is 0.416 e. The van der Waals surface area contributed by atoms with Gasteiger partial charge in [0, 0.05) is 16.5 Å². The predicted molar refractivity (Wildman–Crippen MR) is 118 cm³/mol. The molecule has 2 aromatic heterocycles. The zero-order valence-electron chi connectivity index (χ0n) is 18.2. The Labute approximate surface area is 192 Å². The number of ether oxygens (including phenoxy) is 2. The van der Waals surface area contributed by atoms with Gasteiger partial charge in [-0.05, 0) is 43.3 Å². The number of carbonyl (C=O) groups excluding carboxylic acids is 1. The van der Waals surface area contributed by atoms with Crippen molar-refractivity contribution in [3.05, 3.63) is 89.1 Å². The second kappa shape index (κ2) is 7.72. The molecule has 0 aliphatic carbocycles. The first-order chi connectivity index (χ1) is 16.2. The van der Waals surface area contributed by atoms with Gasteiger partial charge in [-0.1, -0.05) is 24.8 Å². The number of methoxy groups -OCH3 is 1. The normalized spacial score (nSPS) is 14.8. The zero-order chi connectivity index (χ0) is 24.2. The summed E-state index contributed by atoms with van der Waals surface area (Å²) in [5.74, 6) is -0.748. The van der Waals surface area contributed by atoms with Crippen molar-refractivity contribution in [2.24, 2.45) is 0 Å². The maximum atomic E-state index is 13.0. The number of benzene rings is 2. The van der Waals surface area contributed by atoms with E-state index in [0.29, 0.717) is 28.0 Å². The Morgan fingerprint density at radius 1 is 1.15 bits per heavy atom. The Hall–Kier alpha value is -4.14. The summed E-state index contributed by atoms with van der Waals surface area (Å²) in [5, 5.41) is 5.36. The molecule has 1 aliphatic heterocycles. The second-order valence-corrected chi connectivity index (χ2v) is 7.89. The molecule has 3 heterocycles. The molecule has 1 atom stereocenters. The zero-order valence-corrected chi connectivity index (χ0v) is 18.2. The van der Waals surface area contributed by atoms with Crippen LogP contribution in [0.5, 0.6) is 11.8 Å². The number of rotatable bonds is 3. The Kier molecular flexibility index (Phi) is 4.93. The van der Waals surface area contributed by atoms with E-state index < -0.39 is 23.6 Å². The van der Waals surface area contributed by atoms with Crippen LogP contribution in [-0.4, -0.2) is 27.8 Å². The lowest BCUT2D eigenvalue weighted by molar-refractivity contribution is -0.138. The number of halogens is 3. The van der Waals surface area contributed by atoms with E-state index in [1.54, 1.807) is 6.92 Å². The number of nitrogens with zero attached hydrogens (tertiary/aromatic N) is 3. The minimum Gasteiger partial charge on any atom is -0.466 e. The fourth-order valence-corrected chi connectivity index (χ4v) is 4.18. The van der Waals surface area contributed by atoms with Crippen LogP contribution in [0.15, 0.2) is 66.7 Å². The maximum Gasteiger partial charge on any atom is 0.416 e. The quantitative estimate of drug-likeness (QED) is 0.286. The lowest BCUT2D eigenvalue weighted by Gasteiger charge is -2.27. The molecule has 5 rings (SSSR count). The first-order valence-corrected chi connectivity index (χ1v) is 10.3. The molecule has 6 nitrogen and oxygen atoms in total. The number of hydrogen-bond acceptors (Lipinski definition) is 5. The van der Waals surface area contributed by atoms with Crippen molar-refractivity contribution >= 4 is 16.9 Å². The van der Waals surface area contributed by atoms with E-state index >= 15 is 0 Å². The van der Waals surface area contributed by atoms with Crippen LogP contribution in [0.4, 0.5) is 13.2 Å². The van der Waals surface area contributed by atoms with Crippen LogP contribution in [0, 0.1) is 6.92 Å². The minimum atomic E-state index is -4.46. The van der Waals surface area contributed by atoms with Crippen molar-refractivity contribution in [1.29, 1.82) is 0 Å². The monoisotopic (exact) mass is 465 g/mol. The fraction of sp³-hybridized carbons (Fsp3) is 0.160. The highest BCUT2D eigenvalue weighted by atomic mass is 19.4. The van der Waals surface area contributed by atoms with Crippen LogP contribution in [0.2, 0.25) is 0 Å². The van der Waals surface area contributed by atoms with Crippen molar-refractivity contribution < 1.29 is 27.4 Å². The molecule has 2 aromatic carbocycles. The number of para-hydroxylation sites is 1. The lowest BCUT2D eigenvalue weighted by Crippen LogP contribution is -2.19. The number of alkyl halides is 3. The van der Waals surface area contributed by atoms with Gasteiger partial charge in [-0.25, -0.2) is 14.5 Å². The van der Waals surface area contributed by atoms with Gasteiger partial charge in [0.2, 0.25) is 11.8 Å². The van der Waals surface area contributed by atoms with E-state index in [2.05, 4.69) is 16.7 Å². The molecule has 0 radical (unpaired) electrons. The molecule has 0 fully saturated rings. The first-order valence-electron chi connectivity index (χ1n) is 10.3. The van der Waals surface area contributed by atoms with Crippen LogP contribution >= 0.6 is 0 Å². The highest BCUT2D eigenvalue weighted by molar-refractivity contribution is 5.92. The van der Waals surface area contributed by atoms with Crippen molar-refractivity contribution in [3.63, 3.8) is 0 Å². The van der Waals surface area contributed by atoms with Crippen LogP contribution in [0.25, 0.3) is 16.6 Å². The van der Waals surface area contributed by atoms with E-state index in [1.165, 1.54) is 23.9 Å². The van der Waals surface area contributed by atoms with E-state index in [9.17, 15) is 18.0 Å². The molecule has 34 heavy (non-hydrogen) atoms. The molecule has 4 aromatic rings.